The van der Waals surface area contributed by atoms with Gasteiger partial charge in [-0.2, -0.15) is 0 Å². The summed E-state index contributed by atoms with van der Waals surface area (Å²) in [5.41, 5.74) is 14.6. The number of hydrogen-bond acceptors (Lipinski definition) is 17. The molecule has 80 heavy (non-hydrogen) atoms. The van der Waals surface area contributed by atoms with Gasteiger partial charge < -0.3 is 54.7 Å². The Labute approximate surface area is 473 Å². The SMILES string of the molecule is Cc1ncsc1-c1ccc([C@H](C)NC(=O)[C@@H]2CCCN2C(=O)[C@@H](c2cc(N3CCC(CN4CCC(OC5CC(Oc6cc(N7C8CCC7CN(c7cc(-c9ccccc9O)nnc7N)C8)ccn6)C5)CC4)CC3)no2)C(C)C)cc1. The first kappa shape index (κ1) is 53.8. The number of likely N-dealkylation sites (tertiary alicyclic amines) is 2. The number of amides is 2. The molecule has 1 aliphatic carbocycles. The molecular weight excluding hydrogens is 1030 g/mol. The molecule has 1 saturated carbocycles. The minimum Gasteiger partial charge on any atom is -0.507 e. The monoisotopic (exact) mass is 1100 g/mol. The van der Waals surface area contributed by atoms with E-state index in [9.17, 15) is 14.7 Å². The second-order valence-electron chi connectivity index (χ2n) is 23.6. The molecule has 9 heterocycles. The summed E-state index contributed by atoms with van der Waals surface area (Å²) >= 11 is 1.62. The number of nitrogens with two attached hydrogens (primary N) is 1. The number of anilines is 4. The van der Waals surface area contributed by atoms with E-state index in [1.165, 1.54) is 0 Å². The van der Waals surface area contributed by atoms with Crippen LogP contribution >= 0.6 is 11.3 Å². The number of carbonyl (C=O) groups excluding carboxylic acids is 2. The van der Waals surface area contributed by atoms with Gasteiger partial charge in [0.05, 0.1) is 45.7 Å². The first-order valence-electron chi connectivity index (χ1n) is 29.2. The van der Waals surface area contributed by atoms with Crippen molar-refractivity contribution in [3.05, 3.63) is 102 Å². The Morgan fingerprint density at radius 2 is 1.60 bits per heavy atom. The maximum Gasteiger partial charge on any atom is 0.243 e. The lowest BCUT2D eigenvalue weighted by Crippen LogP contribution is -2.54. The highest BCUT2D eigenvalue weighted by atomic mass is 32.1. The van der Waals surface area contributed by atoms with E-state index in [0.29, 0.717) is 59.7 Å². The molecule has 2 aromatic carbocycles. The Balaban J connectivity index is 0.560. The highest BCUT2D eigenvalue weighted by molar-refractivity contribution is 7.13. The first-order valence-corrected chi connectivity index (χ1v) is 30.0. The lowest BCUT2D eigenvalue weighted by atomic mass is 9.91. The summed E-state index contributed by atoms with van der Waals surface area (Å²) in [7, 11) is 0. The van der Waals surface area contributed by atoms with Crippen LogP contribution in [0.5, 0.6) is 11.6 Å². The summed E-state index contributed by atoms with van der Waals surface area (Å²) in [4.78, 5) is 49.9. The van der Waals surface area contributed by atoms with Gasteiger partial charge in [0.25, 0.3) is 0 Å². The summed E-state index contributed by atoms with van der Waals surface area (Å²) in [6, 6.07) is 23.4. The van der Waals surface area contributed by atoms with Crippen molar-refractivity contribution in [2.24, 2.45) is 11.8 Å². The van der Waals surface area contributed by atoms with Crippen LogP contribution in [0, 0.1) is 18.8 Å². The quantitative estimate of drug-likeness (QED) is 0.0779. The van der Waals surface area contributed by atoms with E-state index < -0.39 is 12.0 Å². The zero-order valence-electron chi connectivity index (χ0n) is 46.5. The average Bonchev–Trinajstić information content (AvgIpc) is 4.31. The second kappa shape index (κ2) is 23.3. The number of phenols is 1. The topological polar surface area (TPSA) is 205 Å². The van der Waals surface area contributed by atoms with Crippen LogP contribution in [0.1, 0.15) is 114 Å². The number of nitrogens with one attached hydrogen (secondary N) is 1. The van der Waals surface area contributed by atoms with Crippen molar-refractivity contribution < 1.29 is 28.7 Å². The lowest BCUT2D eigenvalue weighted by Gasteiger charge is -2.43. The van der Waals surface area contributed by atoms with E-state index >= 15 is 0 Å². The molecular formula is C61H76N12O6S. The molecule has 5 aliphatic heterocycles. The number of benzene rings is 2. The number of phenolic OH excluding ortho intramolecular Hbond substituents is 1. The van der Waals surface area contributed by atoms with Crippen LogP contribution in [0.25, 0.3) is 21.7 Å². The predicted octanol–water partition coefficient (Wildman–Crippen LogP) is 9.02. The van der Waals surface area contributed by atoms with Crippen LogP contribution in [-0.2, 0) is 14.3 Å². The smallest absolute Gasteiger partial charge is 0.243 e. The molecule has 6 aromatic rings. The lowest BCUT2D eigenvalue weighted by molar-refractivity contribution is -0.141. The van der Waals surface area contributed by atoms with E-state index in [4.69, 9.17) is 19.7 Å². The fourth-order valence-corrected chi connectivity index (χ4v) is 14.2. The predicted molar refractivity (Wildman–Crippen MR) is 310 cm³/mol. The molecule has 0 radical (unpaired) electrons. The fourth-order valence-electron chi connectivity index (χ4n) is 13.4. The average molecular weight is 1110 g/mol. The number of aromatic hydroxyl groups is 1. The zero-order chi connectivity index (χ0) is 55.0. The largest absolute Gasteiger partial charge is 0.507 e. The molecule has 2 bridgehead atoms. The number of hydrogen-bond donors (Lipinski definition) is 3. The summed E-state index contributed by atoms with van der Waals surface area (Å²) in [5, 5.41) is 26.8. The molecule has 5 atom stereocenters. The molecule has 4 aromatic heterocycles. The summed E-state index contributed by atoms with van der Waals surface area (Å²) in [5.74, 6) is 2.43. The molecule has 4 N–H and O–H groups in total. The van der Waals surface area contributed by atoms with Crippen molar-refractivity contribution in [3.63, 3.8) is 0 Å². The molecule has 2 unspecified atom stereocenters. The molecule has 18 nitrogen and oxygen atoms in total. The van der Waals surface area contributed by atoms with Gasteiger partial charge in [-0.25, -0.2) is 9.97 Å². The van der Waals surface area contributed by atoms with Crippen molar-refractivity contribution in [1.82, 2.24) is 40.4 Å². The molecule has 5 saturated heterocycles. The maximum absolute atomic E-state index is 14.4. The summed E-state index contributed by atoms with van der Waals surface area (Å²) < 4.78 is 19.1. The Morgan fingerprint density at radius 3 is 2.33 bits per heavy atom. The van der Waals surface area contributed by atoms with Gasteiger partial charge in [-0.05, 0) is 112 Å². The van der Waals surface area contributed by atoms with Gasteiger partial charge in [0, 0.05) is 107 Å². The summed E-state index contributed by atoms with van der Waals surface area (Å²) in [6.45, 7) is 15.2. The zero-order valence-corrected chi connectivity index (χ0v) is 47.3. The fraction of sp³-hybridized carbons (Fsp3) is 0.525. The maximum atomic E-state index is 14.4. The molecule has 422 valence electrons. The van der Waals surface area contributed by atoms with Crippen molar-refractivity contribution in [3.8, 4) is 33.3 Å². The number of piperidine rings is 2. The van der Waals surface area contributed by atoms with Crippen LogP contribution in [0.15, 0.2) is 89.0 Å². The van der Waals surface area contributed by atoms with Crippen molar-refractivity contribution >= 4 is 46.2 Å². The van der Waals surface area contributed by atoms with Gasteiger partial charge in [-0.3, -0.25) is 9.59 Å². The minimum absolute atomic E-state index is 0.0388. The molecule has 2 amide bonds. The van der Waals surface area contributed by atoms with Crippen molar-refractivity contribution in [2.75, 3.05) is 72.8 Å². The number of ether oxygens (including phenoxy) is 2. The summed E-state index contributed by atoms with van der Waals surface area (Å²) in [6.07, 6.45) is 12.0. The van der Waals surface area contributed by atoms with E-state index in [1.54, 1.807) is 28.4 Å². The van der Waals surface area contributed by atoms with Crippen LogP contribution in [-0.4, -0.2) is 141 Å². The molecule has 6 aliphatic rings. The first-order chi connectivity index (χ1) is 38.9. The minimum atomic E-state index is -0.530. The number of aromatic nitrogens is 5. The number of aryl methyl sites for hydroxylation is 1. The number of fused-ring (bicyclic) bond motifs is 2. The van der Waals surface area contributed by atoms with E-state index in [1.807, 2.05) is 63.7 Å². The molecule has 19 heteroatoms. The number of piperazine rings is 1. The highest BCUT2D eigenvalue weighted by Crippen LogP contribution is 2.41. The number of carbonyl (C=O) groups is 2. The van der Waals surface area contributed by atoms with Crippen molar-refractivity contribution in [2.45, 2.75) is 140 Å². The van der Waals surface area contributed by atoms with Gasteiger partial charge in [0.1, 0.15) is 23.8 Å². The standard InChI is InChI=1S/C61H76N12O6S/c1-37(2)57(61(76)72-23-7-9-51(72)60(75)65-38(3)41-11-13-42(14-12-41)58-39(4)64-36-80-58)54-32-55(68-79-54)70-26-18-40(19-27-70)33-69-24-20-46(21-25-69)77-47-29-48(30-47)78-56-28-43(17-22-63-56)73-44-15-16-45(73)35-71(34-44)52-31-50(66-67-59(52)62)49-8-5-6-10-53(49)74/h5-6,8,10-14,17,22,28,31-32,36-38,40,44-48,51,57,74H,7,9,15-16,18-21,23-27,29-30,33-35H2,1-4H3,(H2,62,67)(H,65,75)/t38-,44?,45?,47?,48?,51-,57+/m0/s1. The van der Waals surface area contributed by atoms with Gasteiger partial charge in [-0.15, -0.1) is 21.5 Å². The van der Waals surface area contributed by atoms with Crippen LogP contribution < -0.4 is 30.5 Å². The number of nitrogen functional groups attached to an aromatic ring is 1. The third-order valence-electron chi connectivity index (χ3n) is 17.9. The molecule has 0 spiro atoms. The van der Waals surface area contributed by atoms with Gasteiger partial charge in [0.2, 0.25) is 17.7 Å². The van der Waals surface area contributed by atoms with Gasteiger partial charge in [0.15, 0.2) is 17.4 Å². The second-order valence-corrected chi connectivity index (χ2v) is 24.4. The Kier molecular flexibility index (Phi) is 15.7. The number of para-hydroxylation sites is 1. The third kappa shape index (κ3) is 11.4. The van der Waals surface area contributed by atoms with Crippen LogP contribution in [0.2, 0.25) is 0 Å². The van der Waals surface area contributed by atoms with Crippen LogP contribution in [0.4, 0.5) is 23.0 Å². The van der Waals surface area contributed by atoms with Crippen LogP contribution in [0.3, 0.4) is 0 Å². The van der Waals surface area contributed by atoms with E-state index in [-0.39, 0.29) is 47.8 Å². The molecule has 12 rings (SSSR count). The number of nitrogens with zero attached hydrogens (tertiary/aromatic N) is 10. The Morgan fingerprint density at radius 1 is 0.838 bits per heavy atom. The Hall–Kier alpha value is -6.83. The van der Waals surface area contributed by atoms with Gasteiger partial charge >= 0.3 is 0 Å². The van der Waals surface area contributed by atoms with E-state index in [0.717, 1.165) is 142 Å². The normalized spacial score (nSPS) is 23.6. The van der Waals surface area contributed by atoms with Gasteiger partial charge in [-0.1, -0.05) is 55.4 Å². The van der Waals surface area contributed by atoms with E-state index in [2.05, 4.69) is 86.6 Å². The number of rotatable bonds is 17. The third-order valence-corrected chi connectivity index (χ3v) is 18.9. The number of pyridine rings is 1. The molecule has 6 fully saturated rings. The highest BCUT2D eigenvalue weighted by Gasteiger charge is 2.43. The number of thiazole rings is 1. The van der Waals surface area contributed by atoms with Crippen molar-refractivity contribution in [1.29, 1.82) is 0 Å². The Bertz CT molecular complexity index is 3100.